The number of hydrogen-bond donors (Lipinski definition) is 0. The summed E-state index contributed by atoms with van der Waals surface area (Å²) in [4.78, 5) is 0. The van der Waals surface area contributed by atoms with Crippen LogP contribution in [0.3, 0.4) is 0 Å². The number of rotatable bonds is 8. The minimum atomic E-state index is 0.797. The molecule has 0 atom stereocenters. The predicted octanol–water partition coefficient (Wildman–Crippen LogP) is 9.32. The van der Waals surface area contributed by atoms with Gasteiger partial charge in [-0.3, -0.25) is 0 Å². The molecule has 0 saturated heterocycles. The molecule has 0 N–H and O–H groups in total. The zero-order valence-corrected chi connectivity index (χ0v) is 19.5. The first-order valence-electron chi connectivity index (χ1n) is 13.7. The van der Waals surface area contributed by atoms with Gasteiger partial charge in [-0.25, -0.2) is 0 Å². The maximum absolute atomic E-state index is 2.37. The molecule has 0 spiro atoms. The highest BCUT2D eigenvalue weighted by Gasteiger charge is 2.51. The second kappa shape index (κ2) is 9.43. The maximum atomic E-state index is 2.37. The van der Waals surface area contributed by atoms with Crippen LogP contribution in [0.2, 0.25) is 0 Å². The normalized spacial score (nSPS) is 43.9. The Hall–Kier alpha value is 0. The first-order chi connectivity index (χ1) is 13.7. The second-order valence-electron chi connectivity index (χ2n) is 12.0. The summed E-state index contributed by atoms with van der Waals surface area (Å²) in [5.74, 6) is 4.40. The van der Waals surface area contributed by atoms with Crippen LogP contribution in [0.4, 0.5) is 0 Å². The standard InChI is InChI=1S/C28H50/c1-3-5-6-16-27-17-20-28(21-18-27,22-19-27)26-14-12-25(13-15-26)24-10-8-23(7-4-2)9-11-24/h23-26H,3-22H2,1-2H3. The third kappa shape index (κ3) is 4.51. The molecule has 5 saturated carbocycles. The molecule has 0 amide bonds. The zero-order chi connectivity index (χ0) is 19.5. The van der Waals surface area contributed by atoms with Crippen molar-refractivity contribution in [3.05, 3.63) is 0 Å². The van der Waals surface area contributed by atoms with Crippen molar-refractivity contribution in [2.45, 2.75) is 142 Å². The summed E-state index contributed by atoms with van der Waals surface area (Å²) in [5, 5.41) is 0. The van der Waals surface area contributed by atoms with E-state index in [1.54, 1.807) is 96.3 Å². The van der Waals surface area contributed by atoms with Crippen molar-refractivity contribution in [2.24, 2.45) is 34.5 Å². The third-order valence-electron chi connectivity index (χ3n) is 10.7. The third-order valence-corrected chi connectivity index (χ3v) is 10.7. The summed E-state index contributed by atoms with van der Waals surface area (Å²) >= 11 is 0. The quantitative estimate of drug-likeness (QED) is 0.364. The summed E-state index contributed by atoms with van der Waals surface area (Å²) in [6, 6.07) is 0. The summed E-state index contributed by atoms with van der Waals surface area (Å²) in [7, 11) is 0. The van der Waals surface area contributed by atoms with E-state index in [9.17, 15) is 0 Å². The van der Waals surface area contributed by atoms with Crippen LogP contribution in [0.1, 0.15) is 142 Å². The van der Waals surface area contributed by atoms with Crippen LogP contribution in [0.25, 0.3) is 0 Å². The van der Waals surface area contributed by atoms with Gasteiger partial charge < -0.3 is 0 Å². The molecule has 0 unspecified atom stereocenters. The van der Waals surface area contributed by atoms with Crippen molar-refractivity contribution < 1.29 is 0 Å². The fourth-order valence-corrected chi connectivity index (χ4v) is 8.59. The molecule has 0 aliphatic heterocycles. The lowest BCUT2D eigenvalue weighted by molar-refractivity contribution is -0.0679. The van der Waals surface area contributed by atoms with E-state index in [0.29, 0.717) is 0 Å². The predicted molar refractivity (Wildman–Crippen MR) is 123 cm³/mol. The summed E-state index contributed by atoms with van der Waals surface area (Å²) < 4.78 is 0. The number of hydrogen-bond acceptors (Lipinski definition) is 0. The number of unbranched alkanes of at least 4 members (excludes halogenated alkanes) is 2. The van der Waals surface area contributed by atoms with E-state index in [-0.39, 0.29) is 0 Å². The SMILES string of the molecule is CCCCCC12CCC(C3CCC(C4CCC(CCC)CC4)CC3)(CC1)CC2. The molecule has 0 aromatic heterocycles. The Labute approximate surface area is 177 Å². The molecule has 5 rings (SSSR count). The Morgan fingerprint density at radius 2 is 1.18 bits per heavy atom. The molecule has 5 aliphatic rings. The molecular formula is C28H50. The smallest absolute Gasteiger partial charge is 0.0269 e. The topological polar surface area (TPSA) is 0 Å². The Morgan fingerprint density at radius 3 is 1.71 bits per heavy atom. The highest BCUT2D eigenvalue weighted by molar-refractivity contribution is 5.03. The van der Waals surface area contributed by atoms with Crippen molar-refractivity contribution in [2.75, 3.05) is 0 Å². The van der Waals surface area contributed by atoms with E-state index < -0.39 is 0 Å². The fraction of sp³-hybridized carbons (Fsp3) is 1.00. The summed E-state index contributed by atoms with van der Waals surface area (Å²) in [5.41, 5.74) is 1.60. The van der Waals surface area contributed by atoms with Crippen molar-refractivity contribution >= 4 is 0 Å². The van der Waals surface area contributed by atoms with Gasteiger partial charge in [0.25, 0.3) is 0 Å². The highest BCUT2D eigenvalue weighted by atomic mass is 14.6. The fourth-order valence-electron chi connectivity index (χ4n) is 8.59. The van der Waals surface area contributed by atoms with E-state index in [1.165, 1.54) is 32.1 Å². The molecule has 0 aromatic rings. The molecule has 0 heterocycles. The van der Waals surface area contributed by atoms with Crippen LogP contribution in [0.5, 0.6) is 0 Å². The second-order valence-corrected chi connectivity index (χ2v) is 12.0. The molecule has 5 aliphatic carbocycles. The zero-order valence-electron chi connectivity index (χ0n) is 19.5. The maximum Gasteiger partial charge on any atom is -0.0269 e. The van der Waals surface area contributed by atoms with E-state index in [2.05, 4.69) is 13.8 Å². The van der Waals surface area contributed by atoms with Gasteiger partial charge in [0.15, 0.2) is 0 Å². The van der Waals surface area contributed by atoms with Gasteiger partial charge in [-0.2, -0.15) is 0 Å². The molecule has 5 fully saturated rings. The van der Waals surface area contributed by atoms with Crippen LogP contribution in [-0.4, -0.2) is 0 Å². The lowest BCUT2D eigenvalue weighted by Crippen LogP contribution is -2.46. The van der Waals surface area contributed by atoms with E-state index in [1.807, 2.05) is 0 Å². The first kappa shape index (κ1) is 21.2. The van der Waals surface area contributed by atoms with Gasteiger partial charge >= 0.3 is 0 Å². The average Bonchev–Trinajstić information content (AvgIpc) is 2.76. The Bertz CT molecular complexity index is 436. The largest absolute Gasteiger partial charge is 0.0654 e. The lowest BCUT2D eigenvalue weighted by Gasteiger charge is -2.58. The van der Waals surface area contributed by atoms with Gasteiger partial charge in [0.05, 0.1) is 0 Å². The van der Waals surface area contributed by atoms with Crippen LogP contribution >= 0.6 is 0 Å². The van der Waals surface area contributed by atoms with Crippen LogP contribution < -0.4 is 0 Å². The first-order valence-corrected chi connectivity index (χ1v) is 13.7. The van der Waals surface area contributed by atoms with Gasteiger partial charge in [0, 0.05) is 0 Å². The Morgan fingerprint density at radius 1 is 0.607 bits per heavy atom. The molecular weight excluding hydrogens is 336 g/mol. The van der Waals surface area contributed by atoms with Crippen molar-refractivity contribution in [1.29, 1.82) is 0 Å². The molecule has 0 heteroatoms. The summed E-state index contributed by atoms with van der Waals surface area (Å²) in [6.07, 6.45) is 31.1. The van der Waals surface area contributed by atoms with Crippen LogP contribution in [-0.2, 0) is 0 Å². The van der Waals surface area contributed by atoms with Gasteiger partial charge in [-0.15, -0.1) is 0 Å². The molecule has 0 radical (unpaired) electrons. The van der Waals surface area contributed by atoms with E-state index in [4.69, 9.17) is 0 Å². The number of fused-ring (bicyclic) bond motifs is 3. The van der Waals surface area contributed by atoms with Crippen LogP contribution in [0, 0.1) is 34.5 Å². The van der Waals surface area contributed by atoms with Gasteiger partial charge in [-0.05, 0) is 118 Å². The molecule has 0 nitrogen and oxygen atoms in total. The van der Waals surface area contributed by atoms with Crippen LogP contribution in [0.15, 0.2) is 0 Å². The Balaban J connectivity index is 1.23. The van der Waals surface area contributed by atoms with Gasteiger partial charge in [-0.1, -0.05) is 58.8 Å². The van der Waals surface area contributed by atoms with Gasteiger partial charge in [0.2, 0.25) is 0 Å². The van der Waals surface area contributed by atoms with E-state index in [0.717, 1.165) is 34.5 Å². The lowest BCUT2D eigenvalue weighted by atomic mass is 9.47. The summed E-state index contributed by atoms with van der Waals surface area (Å²) in [6.45, 7) is 4.73. The highest BCUT2D eigenvalue weighted by Crippen LogP contribution is 2.63. The van der Waals surface area contributed by atoms with Crippen molar-refractivity contribution in [1.82, 2.24) is 0 Å². The monoisotopic (exact) mass is 386 g/mol. The molecule has 162 valence electrons. The Kier molecular flexibility index (Phi) is 7.15. The molecule has 2 bridgehead atoms. The molecule has 28 heavy (non-hydrogen) atoms. The molecule has 0 aromatic carbocycles. The minimum absolute atomic E-state index is 0.797. The minimum Gasteiger partial charge on any atom is -0.0654 e. The van der Waals surface area contributed by atoms with Gasteiger partial charge in [0.1, 0.15) is 0 Å². The van der Waals surface area contributed by atoms with E-state index >= 15 is 0 Å². The van der Waals surface area contributed by atoms with Crippen molar-refractivity contribution in [3.8, 4) is 0 Å². The average molecular weight is 387 g/mol. The van der Waals surface area contributed by atoms with Crippen molar-refractivity contribution in [3.63, 3.8) is 0 Å².